The van der Waals surface area contributed by atoms with Crippen LogP contribution < -0.4 is 5.32 Å². The summed E-state index contributed by atoms with van der Waals surface area (Å²) in [4.78, 5) is 0. The topological polar surface area (TPSA) is 21.3 Å². The van der Waals surface area contributed by atoms with E-state index in [1.165, 1.54) is 32.1 Å². The molecule has 1 saturated carbocycles. The second kappa shape index (κ2) is 3.35. The molecule has 1 saturated heterocycles. The van der Waals surface area contributed by atoms with Crippen LogP contribution in [0.4, 0.5) is 0 Å². The summed E-state index contributed by atoms with van der Waals surface area (Å²) in [5, 5.41) is 3.53. The highest BCUT2D eigenvalue weighted by Gasteiger charge is 2.35. The molecule has 0 amide bonds. The van der Waals surface area contributed by atoms with Gasteiger partial charge in [0.2, 0.25) is 0 Å². The van der Waals surface area contributed by atoms with Gasteiger partial charge >= 0.3 is 0 Å². The molecule has 1 aliphatic heterocycles. The Morgan fingerprint density at radius 3 is 2.67 bits per heavy atom. The molecular weight excluding hydrogens is 150 g/mol. The largest absolute Gasteiger partial charge is 0.361 e. The first-order chi connectivity index (χ1) is 5.81. The third-order valence-corrected chi connectivity index (χ3v) is 3.23. The molecule has 0 radical (unpaired) electrons. The molecule has 0 aromatic carbocycles. The van der Waals surface area contributed by atoms with Gasteiger partial charge in [0.25, 0.3) is 0 Å². The fourth-order valence-electron chi connectivity index (χ4n) is 2.26. The molecule has 0 aromatic rings. The normalized spacial score (nSPS) is 43.2. The van der Waals surface area contributed by atoms with Crippen molar-refractivity contribution >= 4 is 0 Å². The van der Waals surface area contributed by atoms with E-state index in [0.717, 1.165) is 19.1 Å². The lowest BCUT2D eigenvalue weighted by Crippen LogP contribution is -2.53. The van der Waals surface area contributed by atoms with Crippen LogP contribution in [-0.4, -0.2) is 18.9 Å². The van der Waals surface area contributed by atoms with Gasteiger partial charge in [-0.1, -0.05) is 6.92 Å². The summed E-state index contributed by atoms with van der Waals surface area (Å²) in [6.07, 6.45) is 6.26. The summed E-state index contributed by atoms with van der Waals surface area (Å²) in [7, 11) is 0. The highest BCUT2D eigenvalue weighted by molar-refractivity contribution is 4.86. The molecule has 0 aromatic heterocycles. The first-order valence-electron chi connectivity index (χ1n) is 5.20. The van der Waals surface area contributed by atoms with Crippen LogP contribution in [-0.2, 0) is 4.74 Å². The maximum absolute atomic E-state index is 5.84. The van der Waals surface area contributed by atoms with Gasteiger partial charge in [-0.3, -0.25) is 5.32 Å². The Balaban J connectivity index is 1.92. The lowest BCUT2D eigenvalue weighted by atomic mass is 9.84. The fraction of sp³-hybridized carbons (Fsp3) is 1.00. The van der Waals surface area contributed by atoms with Gasteiger partial charge in [0.15, 0.2) is 0 Å². The Kier molecular flexibility index (Phi) is 2.37. The van der Waals surface area contributed by atoms with E-state index in [1.54, 1.807) is 0 Å². The first-order valence-corrected chi connectivity index (χ1v) is 5.20. The van der Waals surface area contributed by atoms with Crippen molar-refractivity contribution in [2.45, 2.75) is 44.8 Å². The first kappa shape index (κ1) is 8.52. The van der Waals surface area contributed by atoms with Crippen LogP contribution in [0.5, 0.6) is 0 Å². The van der Waals surface area contributed by atoms with Crippen LogP contribution in [0.15, 0.2) is 0 Å². The van der Waals surface area contributed by atoms with Crippen molar-refractivity contribution in [3.8, 4) is 0 Å². The lowest BCUT2D eigenvalue weighted by Gasteiger charge is -2.42. The van der Waals surface area contributed by atoms with Gasteiger partial charge in [-0.15, -0.1) is 0 Å². The standard InChI is InChI=1S/C10H19NO/c1-9-3-5-10(6-4-9)11-7-2-8-12-10/h9,11H,2-8H2,1H3. The van der Waals surface area contributed by atoms with Crippen molar-refractivity contribution in [3.05, 3.63) is 0 Å². The van der Waals surface area contributed by atoms with E-state index in [0.29, 0.717) is 0 Å². The minimum absolute atomic E-state index is 0.0881. The maximum Gasteiger partial charge on any atom is 0.119 e. The van der Waals surface area contributed by atoms with E-state index < -0.39 is 0 Å². The third-order valence-electron chi connectivity index (χ3n) is 3.23. The SMILES string of the molecule is CC1CCC2(CC1)NCCCO2. The zero-order chi connectivity index (χ0) is 8.44. The van der Waals surface area contributed by atoms with Crippen LogP contribution in [0.1, 0.15) is 39.0 Å². The Morgan fingerprint density at radius 2 is 2.08 bits per heavy atom. The van der Waals surface area contributed by atoms with Gasteiger partial charge in [-0.25, -0.2) is 0 Å². The molecular formula is C10H19NO. The Labute approximate surface area is 74.7 Å². The van der Waals surface area contributed by atoms with E-state index in [2.05, 4.69) is 12.2 Å². The number of ether oxygens (including phenoxy) is 1. The van der Waals surface area contributed by atoms with Crippen molar-refractivity contribution in [2.75, 3.05) is 13.2 Å². The molecule has 0 atom stereocenters. The fourth-order valence-corrected chi connectivity index (χ4v) is 2.26. The van der Waals surface area contributed by atoms with Gasteiger partial charge in [-0.05, 0) is 44.6 Å². The minimum atomic E-state index is 0.0881. The molecule has 12 heavy (non-hydrogen) atoms. The number of nitrogens with one attached hydrogen (secondary N) is 1. The Morgan fingerprint density at radius 1 is 1.33 bits per heavy atom. The average molecular weight is 169 g/mol. The molecule has 1 N–H and O–H groups in total. The average Bonchev–Trinajstić information content (AvgIpc) is 2.13. The minimum Gasteiger partial charge on any atom is -0.361 e. The lowest BCUT2D eigenvalue weighted by molar-refractivity contribution is -0.121. The van der Waals surface area contributed by atoms with Gasteiger partial charge < -0.3 is 4.74 Å². The Hall–Kier alpha value is -0.0800. The summed E-state index contributed by atoms with van der Waals surface area (Å²) in [5.74, 6) is 0.906. The predicted octanol–water partition coefficient (Wildman–Crippen LogP) is 1.90. The predicted molar refractivity (Wildman–Crippen MR) is 48.9 cm³/mol. The third kappa shape index (κ3) is 1.64. The van der Waals surface area contributed by atoms with Crippen molar-refractivity contribution in [1.82, 2.24) is 5.32 Å². The van der Waals surface area contributed by atoms with Crippen molar-refractivity contribution in [2.24, 2.45) is 5.92 Å². The van der Waals surface area contributed by atoms with Crippen molar-refractivity contribution < 1.29 is 4.74 Å². The molecule has 1 heterocycles. The molecule has 2 heteroatoms. The Bertz CT molecular complexity index is 142. The number of hydrogen-bond acceptors (Lipinski definition) is 2. The van der Waals surface area contributed by atoms with E-state index in [9.17, 15) is 0 Å². The monoisotopic (exact) mass is 169 g/mol. The van der Waals surface area contributed by atoms with E-state index in [1.807, 2.05) is 0 Å². The maximum atomic E-state index is 5.84. The smallest absolute Gasteiger partial charge is 0.119 e. The highest BCUT2D eigenvalue weighted by atomic mass is 16.5. The molecule has 2 rings (SSSR count). The summed E-state index contributed by atoms with van der Waals surface area (Å²) < 4.78 is 5.84. The quantitative estimate of drug-likeness (QED) is 0.598. The molecule has 2 fully saturated rings. The van der Waals surface area contributed by atoms with Crippen molar-refractivity contribution in [3.63, 3.8) is 0 Å². The zero-order valence-electron chi connectivity index (χ0n) is 7.94. The second-order valence-electron chi connectivity index (χ2n) is 4.31. The van der Waals surface area contributed by atoms with Gasteiger partial charge in [-0.2, -0.15) is 0 Å². The van der Waals surface area contributed by atoms with Crippen LogP contribution in [0.25, 0.3) is 0 Å². The van der Waals surface area contributed by atoms with Crippen LogP contribution in [0, 0.1) is 5.92 Å². The van der Waals surface area contributed by atoms with Gasteiger partial charge in [0.1, 0.15) is 5.72 Å². The number of rotatable bonds is 0. The summed E-state index contributed by atoms with van der Waals surface area (Å²) in [5.41, 5.74) is 0.0881. The molecule has 1 aliphatic carbocycles. The van der Waals surface area contributed by atoms with E-state index >= 15 is 0 Å². The van der Waals surface area contributed by atoms with Crippen LogP contribution in [0.3, 0.4) is 0 Å². The molecule has 2 nitrogen and oxygen atoms in total. The highest BCUT2D eigenvalue weighted by Crippen LogP contribution is 2.33. The second-order valence-corrected chi connectivity index (χ2v) is 4.31. The molecule has 0 unspecified atom stereocenters. The summed E-state index contributed by atoms with van der Waals surface area (Å²) in [6.45, 7) is 4.45. The van der Waals surface area contributed by atoms with Crippen LogP contribution >= 0.6 is 0 Å². The molecule has 0 bridgehead atoms. The van der Waals surface area contributed by atoms with Crippen molar-refractivity contribution in [1.29, 1.82) is 0 Å². The summed E-state index contributed by atoms with van der Waals surface area (Å²) in [6, 6.07) is 0. The molecule has 70 valence electrons. The van der Waals surface area contributed by atoms with E-state index in [-0.39, 0.29) is 5.72 Å². The number of hydrogen-bond donors (Lipinski definition) is 1. The van der Waals surface area contributed by atoms with E-state index in [4.69, 9.17) is 4.74 Å². The zero-order valence-corrected chi connectivity index (χ0v) is 7.94. The van der Waals surface area contributed by atoms with Gasteiger partial charge in [0.05, 0.1) is 6.61 Å². The van der Waals surface area contributed by atoms with Crippen LogP contribution in [0.2, 0.25) is 0 Å². The summed E-state index contributed by atoms with van der Waals surface area (Å²) >= 11 is 0. The molecule has 2 aliphatic rings. The molecule has 1 spiro atoms. The van der Waals surface area contributed by atoms with Gasteiger partial charge in [0, 0.05) is 0 Å².